The molecule has 2 amide bonds. The number of anilines is 2. The Hall–Kier alpha value is -2.62. The Kier molecular flexibility index (Phi) is 4.86. The third kappa shape index (κ3) is 3.96. The summed E-state index contributed by atoms with van der Waals surface area (Å²) < 4.78 is 38.9. The van der Waals surface area contributed by atoms with Crippen LogP contribution in [0.4, 0.5) is 20.6 Å². The van der Waals surface area contributed by atoms with Crippen LogP contribution in [-0.4, -0.2) is 42.3 Å². The molecule has 0 fully saturated rings. The summed E-state index contributed by atoms with van der Waals surface area (Å²) in [6.07, 6.45) is 2.40. The van der Waals surface area contributed by atoms with Gasteiger partial charge in [-0.15, -0.1) is 0 Å². The molecule has 8 nitrogen and oxygen atoms in total. The molecule has 26 heavy (non-hydrogen) atoms. The van der Waals surface area contributed by atoms with Gasteiger partial charge in [-0.2, -0.15) is 5.10 Å². The number of halogens is 1. The number of nitrogens with one attached hydrogen (secondary N) is 3. The fourth-order valence-corrected chi connectivity index (χ4v) is 3.47. The molecule has 0 aliphatic carbocycles. The summed E-state index contributed by atoms with van der Waals surface area (Å²) in [5, 5.41) is 9.75. The van der Waals surface area contributed by atoms with Crippen LogP contribution in [0.2, 0.25) is 0 Å². The van der Waals surface area contributed by atoms with E-state index < -0.39 is 21.9 Å². The lowest BCUT2D eigenvalue weighted by Gasteiger charge is -2.27. The third-order valence-electron chi connectivity index (χ3n) is 4.15. The van der Waals surface area contributed by atoms with E-state index in [1.165, 1.54) is 12.1 Å². The van der Waals surface area contributed by atoms with Gasteiger partial charge in [-0.3, -0.25) is 9.82 Å². The number of sulfonamides is 1. The molecule has 1 aliphatic rings. The van der Waals surface area contributed by atoms with Crippen LogP contribution in [-0.2, 0) is 29.4 Å². The molecule has 3 N–H and O–H groups in total. The lowest BCUT2D eigenvalue weighted by Crippen LogP contribution is -2.39. The van der Waals surface area contributed by atoms with Crippen LogP contribution in [0.25, 0.3) is 0 Å². The summed E-state index contributed by atoms with van der Waals surface area (Å²) in [5.41, 5.74) is 3.03. The van der Waals surface area contributed by atoms with Gasteiger partial charge in [0.25, 0.3) is 0 Å². The second-order valence-corrected chi connectivity index (χ2v) is 7.90. The van der Waals surface area contributed by atoms with Crippen molar-refractivity contribution in [2.75, 3.05) is 22.8 Å². The van der Waals surface area contributed by atoms with Gasteiger partial charge < -0.3 is 10.2 Å². The SMILES string of the molecule is CCc1n[nH]c2c1CN(C(=O)Nc1cc(NS(C)(=O)=O)ccc1F)CC2. The number of rotatable bonds is 4. The highest BCUT2D eigenvalue weighted by atomic mass is 32.2. The van der Waals surface area contributed by atoms with Crippen LogP contribution < -0.4 is 10.0 Å². The van der Waals surface area contributed by atoms with Gasteiger partial charge in [0.1, 0.15) is 5.82 Å². The van der Waals surface area contributed by atoms with E-state index in [1.54, 1.807) is 4.90 Å². The highest BCUT2D eigenvalue weighted by molar-refractivity contribution is 7.92. The van der Waals surface area contributed by atoms with Gasteiger partial charge in [0.05, 0.1) is 29.9 Å². The van der Waals surface area contributed by atoms with Crippen molar-refractivity contribution in [1.29, 1.82) is 0 Å². The minimum atomic E-state index is -3.50. The molecule has 10 heteroatoms. The molecule has 0 bridgehead atoms. The molecule has 2 heterocycles. The van der Waals surface area contributed by atoms with E-state index in [9.17, 15) is 17.6 Å². The Bertz CT molecular complexity index is 928. The van der Waals surface area contributed by atoms with Gasteiger partial charge in [0, 0.05) is 24.2 Å². The van der Waals surface area contributed by atoms with Crippen molar-refractivity contribution in [1.82, 2.24) is 15.1 Å². The molecule has 0 unspecified atom stereocenters. The zero-order valence-corrected chi connectivity index (χ0v) is 15.3. The maximum Gasteiger partial charge on any atom is 0.322 e. The number of H-pyrrole nitrogens is 1. The maximum atomic E-state index is 14.0. The van der Waals surface area contributed by atoms with Gasteiger partial charge in [0.15, 0.2) is 0 Å². The Morgan fingerprint density at radius 3 is 2.88 bits per heavy atom. The number of aryl methyl sites for hydroxylation is 1. The predicted octanol–water partition coefficient (Wildman–Crippen LogP) is 2.07. The van der Waals surface area contributed by atoms with Crippen LogP contribution >= 0.6 is 0 Å². The van der Waals surface area contributed by atoms with E-state index in [0.29, 0.717) is 19.5 Å². The molecule has 1 aliphatic heterocycles. The molecule has 2 aromatic rings. The van der Waals surface area contributed by atoms with Crippen molar-refractivity contribution in [2.24, 2.45) is 0 Å². The van der Waals surface area contributed by atoms with Crippen molar-refractivity contribution in [2.45, 2.75) is 26.3 Å². The fourth-order valence-electron chi connectivity index (χ4n) is 2.91. The molecule has 140 valence electrons. The first-order chi connectivity index (χ1) is 12.3. The van der Waals surface area contributed by atoms with E-state index in [-0.39, 0.29) is 11.4 Å². The van der Waals surface area contributed by atoms with E-state index >= 15 is 0 Å². The Morgan fingerprint density at radius 2 is 2.19 bits per heavy atom. The highest BCUT2D eigenvalue weighted by Crippen LogP contribution is 2.24. The lowest BCUT2D eigenvalue weighted by molar-refractivity contribution is 0.206. The minimum absolute atomic E-state index is 0.0858. The smallest absolute Gasteiger partial charge is 0.320 e. The molecule has 1 aromatic heterocycles. The summed E-state index contributed by atoms with van der Waals surface area (Å²) in [7, 11) is -3.50. The zero-order valence-electron chi connectivity index (χ0n) is 14.5. The summed E-state index contributed by atoms with van der Waals surface area (Å²) in [5.74, 6) is -0.646. The standard InChI is InChI=1S/C16H20FN5O3S/c1-3-13-11-9-22(7-6-14(11)20-19-13)16(23)18-15-8-10(4-5-12(15)17)21-26(2,24)25/h4-5,8,21H,3,6-7,9H2,1-2H3,(H,18,23)(H,19,20). The number of carbonyl (C=O) groups excluding carboxylic acids is 1. The molecular weight excluding hydrogens is 361 g/mol. The number of benzene rings is 1. The van der Waals surface area contributed by atoms with Crippen molar-refractivity contribution in [3.05, 3.63) is 41.0 Å². The molecule has 0 radical (unpaired) electrons. The average Bonchev–Trinajstić information content (AvgIpc) is 2.98. The molecule has 0 saturated heterocycles. The van der Waals surface area contributed by atoms with Crippen molar-refractivity contribution >= 4 is 27.4 Å². The van der Waals surface area contributed by atoms with E-state index in [1.807, 2.05) is 6.92 Å². The maximum absolute atomic E-state index is 14.0. The van der Waals surface area contributed by atoms with Crippen molar-refractivity contribution < 1.29 is 17.6 Å². The summed E-state index contributed by atoms with van der Waals surface area (Å²) in [6, 6.07) is 3.19. The van der Waals surface area contributed by atoms with Gasteiger partial charge in [-0.05, 0) is 24.6 Å². The number of aromatic amines is 1. The van der Waals surface area contributed by atoms with Crippen LogP contribution in [0.1, 0.15) is 23.9 Å². The first-order valence-electron chi connectivity index (χ1n) is 8.15. The van der Waals surface area contributed by atoms with Crippen LogP contribution in [0, 0.1) is 5.82 Å². The molecule has 0 spiro atoms. The number of nitrogens with zero attached hydrogens (tertiary/aromatic N) is 2. The fraction of sp³-hybridized carbons (Fsp3) is 0.375. The monoisotopic (exact) mass is 381 g/mol. The van der Waals surface area contributed by atoms with Crippen LogP contribution in [0.3, 0.4) is 0 Å². The van der Waals surface area contributed by atoms with Crippen molar-refractivity contribution in [3.63, 3.8) is 0 Å². The van der Waals surface area contributed by atoms with E-state index in [4.69, 9.17) is 0 Å². The van der Waals surface area contributed by atoms with E-state index in [0.717, 1.165) is 35.7 Å². The first kappa shape index (κ1) is 18.2. The number of fused-ring (bicyclic) bond motifs is 1. The Balaban J connectivity index is 1.75. The Labute approximate surface area is 150 Å². The number of urea groups is 1. The molecule has 1 aromatic carbocycles. The molecule has 3 rings (SSSR count). The summed E-state index contributed by atoms with van der Waals surface area (Å²) in [6.45, 7) is 2.86. The number of carbonyl (C=O) groups is 1. The minimum Gasteiger partial charge on any atom is -0.320 e. The lowest BCUT2D eigenvalue weighted by atomic mass is 10.0. The van der Waals surface area contributed by atoms with Crippen LogP contribution in [0.5, 0.6) is 0 Å². The van der Waals surface area contributed by atoms with Gasteiger partial charge in [-0.25, -0.2) is 17.6 Å². The molecule has 0 atom stereocenters. The topological polar surface area (TPSA) is 107 Å². The molecule has 0 saturated carbocycles. The number of amides is 2. The van der Waals surface area contributed by atoms with Crippen LogP contribution in [0.15, 0.2) is 18.2 Å². The quantitative estimate of drug-likeness (QED) is 0.753. The number of hydrogen-bond acceptors (Lipinski definition) is 4. The number of aromatic nitrogens is 2. The summed E-state index contributed by atoms with van der Waals surface area (Å²) >= 11 is 0. The second kappa shape index (κ2) is 6.94. The van der Waals surface area contributed by atoms with Gasteiger partial charge in [-0.1, -0.05) is 6.92 Å². The summed E-state index contributed by atoms with van der Waals surface area (Å²) in [4.78, 5) is 14.1. The molecular formula is C16H20FN5O3S. The average molecular weight is 381 g/mol. The normalized spacial score (nSPS) is 14.0. The van der Waals surface area contributed by atoms with E-state index in [2.05, 4.69) is 20.2 Å². The highest BCUT2D eigenvalue weighted by Gasteiger charge is 2.25. The first-order valence-corrected chi connectivity index (χ1v) is 10.0. The zero-order chi connectivity index (χ0) is 18.9. The van der Waals surface area contributed by atoms with Gasteiger partial charge >= 0.3 is 6.03 Å². The largest absolute Gasteiger partial charge is 0.322 e. The number of hydrogen-bond donors (Lipinski definition) is 3. The predicted molar refractivity (Wildman–Crippen MR) is 96.0 cm³/mol. The second-order valence-electron chi connectivity index (χ2n) is 6.15. The Morgan fingerprint density at radius 1 is 1.42 bits per heavy atom. The van der Waals surface area contributed by atoms with Crippen molar-refractivity contribution in [3.8, 4) is 0 Å². The van der Waals surface area contributed by atoms with Gasteiger partial charge in [0.2, 0.25) is 10.0 Å². The third-order valence-corrected chi connectivity index (χ3v) is 4.76.